The lowest BCUT2D eigenvalue weighted by molar-refractivity contribution is -0.142. The quantitative estimate of drug-likeness (QED) is 0.820. The van der Waals surface area contributed by atoms with Crippen molar-refractivity contribution in [1.29, 1.82) is 0 Å². The molecule has 0 aliphatic rings. The van der Waals surface area contributed by atoms with Gasteiger partial charge in [0.15, 0.2) is 0 Å². The lowest BCUT2D eigenvalue weighted by atomic mass is 9.85. The average Bonchev–Trinajstić information content (AvgIpc) is 2.36. The highest BCUT2D eigenvalue weighted by Crippen LogP contribution is 2.27. The summed E-state index contributed by atoms with van der Waals surface area (Å²) in [6, 6.07) is 5.88. The molecule has 0 heterocycles. The molecule has 0 aliphatic carbocycles. The molecule has 3 atom stereocenters. The number of ether oxygens (including phenoxy) is 1. The molecule has 18 heavy (non-hydrogen) atoms. The van der Waals surface area contributed by atoms with Gasteiger partial charge < -0.3 is 10.5 Å². The standard InChI is InChI=1S/C14H20FNO2/c1-9(7-13(16)14(17)18-3)10(2)11-5-4-6-12(15)8-11/h4-6,8-10,13H,7,16H2,1-3H3. The Morgan fingerprint density at radius 1 is 1.44 bits per heavy atom. The summed E-state index contributed by atoms with van der Waals surface area (Å²) in [5.41, 5.74) is 6.64. The summed E-state index contributed by atoms with van der Waals surface area (Å²) in [6.07, 6.45) is 0.518. The van der Waals surface area contributed by atoms with E-state index in [2.05, 4.69) is 4.74 Å². The van der Waals surface area contributed by atoms with Gasteiger partial charge in [-0.3, -0.25) is 4.79 Å². The molecule has 0 aromatic heterocycles. The van der Waals surface area contributed by atoms with E-state index in [4.69, 9.17) is 5.73 Å². The van der Waals surface area contributed by atoms with Gasteiger partial charge in [0.2, 0.25) is 0 Å². The molecule has 100 valence electrons. The Bertz CT molecular complexity index is 409. The second-order valence-electron chi connectivity index (χ2n) is 4.69. The Balaban J connectivity index is 2.66. The molecule has 1 rings (SSSR count). The van der Waals surface area contributed by atoms with Crippen LogP contribution in [-0.4, -0.2) is 19.1 Å². The van der Waals surface area contributed by atoms with Crippen LogP contribution < -0.4 is 5.73 Å². The van der Waals surface area contributed by atoms with Crippen molar-refractivity contribution in [3.63, 3.8) is 0 Å². The molecular formula is C14H20FNO2. The molecule has 1 aromatic rings. The summed E-state index contributed by atoms with van der Waals surface area (Å²) in [7, 11) is 1.32. The Hall–Kier alpha value is -1.42. The van der Waals surface area contributed by atoms with Crippen LogP contribution in [0.2, 0.25) is 0 Å². The number of nitrogens with two attached hydrogens (primary N) is 1. The number of rotatable bonds is 5. The molecule has 2 N–H and O–H groups in total. The molecule has 1 aromatic carbocycles. The zero-order valence-electron chi connectivity index (χ0n) is 11.0. The van der Waals surface area contributed by atoms with Gasteiger partial charge >= 0.3 is 5.97 Å². The number of benzene rings is 1. The van der Waals surface area contributed by atoms with Crippen molar-refractivity contribution in [3.05, 3.63) is 35.6 Å². The maximum Gasteiger partial charge on any atom is 0.322 e. The molecule has 0 amide bonds. The highest BCUT2D eigenvalue weighted by Gasteiger charge is 2.22. The van der Waals surface area contributed by atoms with Gasteiger partial charge in [-0.25, -0.2) is 4.39 Å². The van der Waals surface area contributed by atoms with Gasteiger partial charge in [-0.2, -0.15) is 0 Å². The second-order valence-corrected chi connectivity index (χ2v) is 4.69. The first-order valence-corrected chi connectivity index (χ1v) is 6.04. The van der Waals surface area contributed by atoms with Gasteiger partial charge in [-0.05, 0) is 36.0 Å². The van der Waals surface area contributed by atoms with Crippen molar-refractivity contribution < 1.29 is 13.9 Å². The molecule has 0 fully saturated rings. The summed E-state index contributed by atoms with van der Waals surface area (Å²) in [5, 5.41) is 0. The van der Waals surface area contributed by atoms with Crippen LogP contribution in [0.3, 0.4) is 0 Å². The van der Waals surface area contributed by atoms with Crippen LogP contribution in [0.25, 0.3) is 0 Å². The van der Waals surface area contributed by atoms with Crippen LogP contribution >= 0.6 is 0 Å². The monoisotopic (exact) mass is 253 g/mol. The van der Waals surface area contributed by atoms with E-state index >= 15 is 0 Å². The highest BCUT2D eigenvalue weighted by molar-refractivity contribution is 5.75. The van der Waals surface area contributed by atoms with Crippen molar-refractivity contribution in [2.24, 2.45) is 11.7 Å². The molecule has 0 saturated carbocycles. The molecule has 3 unspecified atom stereocenters. The maximum atomic E-state index is 13.1. The van der Waals surface area contributed by atoms with Gasteiger partial charge in [-0.15, -0.1) is 0 Å². The van der Waals surface area contributed by atoms with Gasteiger partial charge in [-0.1, -0.05) is 26.0 Å². The summed E-state index contributed by atoms with van der Waals surface area (Å²) in [4.78, 5) is 11.3. The smallest absolute Gasteiger partial charge is 0.322 e. The van der Waals surface area contributed by atoms with E-state index in [1.807, 2.05) is 19.9 Å². The maximum absolute atomic E-state index is 13.1. The van der Waals surface area contributed by atoms with Crippen molar-refractivity contribution in [2.45, 2.75) is 32.2 Å². The summed E-state index contributed by atoms with van der Waals surface area (Å²) < 4.78 is 17.7. The molecule has 3 nitrogen and oxygen atoms in total. The third kappa shape index (κ3) is 3.81. The van der Waals surface area contributed by atoms with Gasteiger partial charge in [0.1, 0.15) is 11.9 Å². The summed E-state index contributed by atoms with van der Waals surface area (Å²) in [6.45, 7) is 4.00. The SMILES string of the molecule is COC(=O)C(N)CC(C)C(C)c1cccc(F)c1. The van der Waals surface area contributed by atoms with E-state index in [-0.39, 0.29) is 17.7 Å². The third-order valence-corrected chi connectivity index (χ3v) is 3.36. The number of hydrogen-bond donors (Lipinski definition) is 1. The lowest BCUT2D eigenvalue weighted by Crippen LogP contribution is -2.34. The van der Waals surface area contributed by atoms with Crippen LogP contribution in [0, 0.1) is 11.7 Å². The number of carbonyl (C=O) groups excluding carboxylic acids is 1. The van der Waals surface area contributed by atoms with Gasteiger partial charge in [0.05, 0.1) is 7.11 Å². The predicted octanol–water partition coefficient (Wildman–Crippen LogP) is 2.46. The van der Waals surface area contributed by atoms with Crippen LogP contribution in [-0.2, 0) is 9.53 Å². The first-order chi connectivity index (χ1) is 8.45. The Morgan fingerprint density at radius 3 is 2.67 bits per heavy atom. The number of methoxy groups -OCH3 is 1. The van der Waals surface area contributed by atoms with E-state index < -0.39 is 12.0 Å². The molecule has 0 saturated heterocycles. The fourth-order valence-corrected chi connectivity index (χ4v) is 1.97. The van der Waals surface area contributed by atoms with Crippen LogP contribution in [0.4, 0.5) is 4.39 Å². The van der Waals surface area contributed by atoms with Crippen LogP contribution in [0.15, 0.2) is 24.3 Å². The summed E-state index contributed by atoms with van der Waals surface area (Å²) in [5.74, 6) is -0.352. The number of esters is 1. The van der Waals surface area contributed by atoms with E-state index in [9.17, 15) is 9.18 Å². The third-order valence-electron chi connectivity index (χ3n) is 3.36. The van der Waals surface area contributed by atoms with Crippen molar-refractivity contribution in [3.8, 4) is 0 Å². The normalized spacial score (nSPS) is 15.8. The predicted molar refractivity (Wildman–Crippen MR) is 68.6 cm³/mol. The number of hydrogen-bond acceptors (Lipinski definition) is 3. The molecule has 4 heteroatoms. The van der Waals surface area contributed by atoms with Crippen molar-refractivity contribution in [1.82, 2.24) is 0 Å². The van der Waals surface area contributed by atoms with E-state index in [0.29, 0.717) is 6.42 Å². The zero-order chi connectivity index (χ0) is 13.7. The fourth-order valence-electron chi connectivity index (χ4n) is 1.97. The van der Waals surface area contributed by atoms with Crippen molar-refractivity contribution in [2.75, 3.05) is 7.11 Å². The minimum absolute atomic E-state index is 0.136. The van der Waals surface area contributed by atoms with Crippen molar-refractivity contribution >= 4 is 5.97 Å². The molecule has 0 bridgehead atoms. The lowest BCUT2D eigenvalue weighted by Gasteiger charge is -2.22. The minimum Gasteiger partial charge on any atom is -0.468 e. The molecular weight excluding hydrogens is 233 g/mol. The van der Waals surface area contributed by atoms with E-state index in [1.54, 1.807) is 6.07 Å². The Morgan fingerprint density at radius 2 is 2.11 bits per heavy atom. The first-order valence-electron chi connectivity index (χ1n) is 6.04. The molecule has 0 aliphatic heterocycles. The zero-order valence-corrected chi connectivity index (χ0v) is 11.0. The number of halogens is 1. The van der Waals surface area contributed by atoms with E-state index in [0.717, 1.165) is 5.56 Å². The topological polar surface area (TPSA) is 52.3 Å². The fraction of sp³-hybridized carbons (Fsp3) is 0.500. The van der Waals surface area contributed by atoms with Crippen LogP contribution in [0.1, 0.15) is 31.7 Å². The van der Waals surface area contributed by atoms with Crippen LogP contribution in [0.5, 0.6) is 0 Å². The Kier molecular flexibility index (Phi) is 5.28. The second kappa shape index (κ2) is 6.50. The molecule has 0 radical (unpaired) electrons. The minimum atomic E-state index is -0.624. The largest absolute Gasteiger partial charge is 0.468 e. The van der Waals surface area contributed by atoms with Gasteiger partial charge in [0, 0.05) is 0 Å². The highest BCUT2D eigenvalue weighted by atomic mass is 19.1. The number of carbonyl (C=O) groups is 1. The average molecular weight is 253 g/mol. The van der Waals surface area contributed by atoms with Gasteiger partial charge in [0.25, 0.3) is 0 Å². The van der Waals surface area contributed by atoms with E-state index in [1.165, 1.54) is 19.2 Å². The molecule has 0 spiro atoms. The first kappa shape index (κ1) is 14.6. The Labute approximate surface area is 107 Å². The summed E-state index contributed by atoms with van der Waals surface area (Å²) >= 11 is 0.